The number of nitrogens with one attached hydrogen (secondary N) is 1. The molecule has 0 aliphatic heterocycles. The van der Waals surface area contributed by atoms with Crippen molar-refractivity contribution in [1.29, 1.82) is 0 Å². The normalized spacial score (nSPS) is 11.7. The predicted molar refractivity (Wildman–Crippen MR) is 114 cm³/mol. The summed E-state index contributed by atoms with van der Waals surface area (Å²) in [6.45, 7) is 7.48. The van der Waals surface area contributed by atoms with Crippen molar-refractivity contribution >= 4 is 21.4 Å². The van der Waals surface area contributed by atoms with Gasteiger partial charge in [0.05, 0.1) is 27.9 Å². The van der Waals surface area contributed by atoms with Crippen LogP contribution in [0.15, 0.2) is 53.4 Å². The smallest absolute Gasteiger partial charge is 0.258 e. The second kappa shape index (κ2) is 8.39. The zero-order valence-electron chi connectivity index (χ0n) is 17.3. The van der Waals surface area contributed by atoms with Crippen LogP contribution >= 0.6 is 0 Å². The standard InChI is InChI=1S/C22H24FN3O3S/c1-14(2)30(28,29)19-8-9-21(23)20(12-19)22(27)24-18-7-5-6-17(11-18)13-26-16(4)10-15(3)25-26/h5-12,14H,13H2,1-4H3,(H,24,27). The van der Waals surface area contributed by atoms with Gasteiger partial charge < -0.3 is 5.32 Å². The van der Waals surface area contributed by atoms with E-state index in [2.05, 4.69) is 10.4 Å². The molecule has 0 atom stereocenters. The first-order valence-electron chi connectivity index (χ1n) is 9.52. The van der Waals surface area contributed by atoms with Crippen molar-refractivity contribution in [1.82, 2.24) is 9.78 Å². The number of hydrogen-bond acceptors (Lipinski definition) is 4. The Balaban J connectivity index is 1.84. The molecule has 0 aliphatic carbocycles. The van der Waals surface area contributed by atoms with Gasteiger partial charge in [0, 0.05) is 11.4 Å². The Morgan fingerprint density at radius 1 is 1.13 bits per heavy atom. The Kier molecular flexibility index (Phi) is 6.07. The molecule has 0 bridgehead atoms. The molecule has 3 rings (SSSR count). The first-order valence-corrected chi connectivity index (χ1v) is 11.1. The second-order valence-corrected chi connectivity index (χ2v) is 9.98. The fourth-order valence-electron chi connectivity index (χ4n) is 3.08. The molecular formula is C22H24FN3O3S. The lowest BCUT2D eigenvalue weighted by atomic mass is 10.1. The Labute approximate surface area is 175 Å². The number of benzene rings is 2. The number of anilines is 1. The lowest BCUT2D eigenvalue weighted by Gasteiger charge is -2.12. The summed E-state index contributed by atoms with van der Waals surface area (Å²) in [5.41, 5.74) is 3.02. The molecule has 3 aromatic rings. The maximum Gasteiger partial charge on any atom is 0.258 e. The van der Waals surface area contributed by atoms with Gasteiger partial charge in [0.2, 0.25) is 0 Å². The van der Waals surface area contributed by atoms with Crippen LogP contribution in [0.5, 0.6) is 0 Å². The first kappa shape index (κ1) is 21.7. The highest BCUT2D eigenvalue weighted by Crippen LogP contribution is 2.21. The van der Waals surface area contributed by atoms with E-state index in [1.54, 1.807) is 18.2 Å². The molecule has 1 aromatic heterocycles. The average molecular weight is 430 g/mol. The van der Waals surface area contributed by atoms with E-state index in [9.17, 15) is 17.6 Å². The number of sulfone groups is 1. The molecule has 2 aromatic carbocycles. The molecule has 0 unspecified atom stereocenters. The van der Waals surface area contributed by atoms with Gasteiger partial charge in [0.1, 0.15) is 5.82 Å². The summed E-state index contributed by atoms with van der Waals surface area (Å²) in [5.74, 6) is -1.49. The van der Waals surface area contributed by atoms with Crippen LogP contribution in [0.3, 0.4) is 0 Å². The number of carbonyl (C=O) groups excluding carboxylic acids is 1. The molecule has 8 heteroatoms. The average Bonchev–Trinajstić information content (AvgIpc) is 2.98. The zero-order valence-corrected chi connectivity index (χ0v) is 18.1. The van der Waals surface area contributed by atoms with E-state index >= 15 is 0 Å². The number of rotatable bonds is 6. The summed E-state index contributed by atoms with van der Waals surface area (Å²) in [6.07, 6.45) is 0. The van der Waals surface area contributed by atoms with E-state index in [4.69, 9.17) is 0 Å². The molecule has 1 amide bonds. The Morgan fingerprint density at radius 3 is 2.50 bits per heavy atom. The molecule has 0 saturated carbocycles. The van der Waals surface area contributed by atoms with Gasteiger partial charge in [-0.3, -0.25) is 9.48 Å². The van der Waals surface area contributed by atoms with Crippen molar-refractivity contribution in [2.45, 2.75) is 44.4 Å². The third-order valence-electron chi connectivity index (χ3n) is 4.75. The highest BCUT2D eigenvalue weighted by Gasteiger charge is 2.22. The van der Waals surface area contributed by atoms with Gasteiger partial charge >= 0.3 is 0 Å². The predicted octanol–water partition coefficient (Wildman–Crippen LogP) is 4.12. The molecule has 0 aliphatic rings. The highest BCUT2D eigenvalue weighted by molar-refractivity contribution is 7.92. The summed E-state index contributed by atoms with van der Waals surface area (Å²) in [6, 6.07) is 12.4. The van der Waals surface area contributed by atoms with Crippen LogP contribution in [-0.4, -0.2) is 29.4 Å². The molecule has 0 spiro atoms. The van der Waals surface area contributed by atoms with E-state index in [1.807, 2.05) is 30.7 Å². The second-order valence-electron chi connectivity index (χ2n) is 7.47. The quantitative estimate of drug-likeness (QED) is 0.598. The summed E-state index contributed by atoms with van der Waals surface area (Å²) in [4.78, 5) is 12.6. The Morgan fingerprint density at radius 2 is 1.87 bits per heavy atom. The summed E-state index contributed by atoms with van der Waals surface area (Å²) in [7, 11) is -3.62. The van der Waals surface area contributed by atoms with E-state index in [-0.39, 0.29) is 10.5 Å². The highest BCUT2D eigenvalue weighted by atomic mass is 32.2. The van der Waals surface area contributed by atoms with Gasteiger partial charge in [-0.25, -0.2) is 12.8 Å². The van der Waals surface area contributed by atoms with Crippen molar-refractivity contribution in [2.24, 2.45) is 0 Å². The van der Waals surface area contributed by atoms with Gasteiger partial charge in [0.15, 0.2) is 9.84 Å². The summed E-state index contributed by atoms with van der Waals surface area (Å²) < 4.78 is 40.8. The minimum absolute atomic E-state index is 0.0812. The van der Waals surface area contributed by atoms with Crippen LogP contribution < -0.4 is 5.32 Å². The summed E-state index contributed by atoms with van der Waals surface area (Å²) in [5, 5.41) is 6.40. The van der Waals surface area contributed by atoms with E-state index in [0.29, 0.717) is 12.2 Å². The zero-order chi connectivity index (χ0) is 22.1. The number of aryl methyl sites for hydroxylation is 2. The van der Waals surface area contributed by atoms with Gasteiger partial charge in [-0.1, -0.05) is 12.1 Å². The van der Waals surface area contributed by atoms with Crippen LogP contribution in [0, 0.1) is 19.7 Å². The van der Waals surface area contributed by atoms with Gasteiger partial charge in [-0.2, -0.15) is 5.10 Å². The third-order valence-corrected chi connectivity index (χ3v) is 6.90. The fourth-order valence-corrected chi connectivity index (χ4v) is 4.17. The minimum atomic E-state index is -3.62. The van der Waals surface area contributed by atoms with E-state index in [0.717, 1.165) is 29.1 Å². The minimum Gasteiger partial charge on any atom is -0.322 e. The van der Waals surface area contributed by atoms with Crippen LogP contribution in [0.1, 0.15) is 41.2 Å². The van der Waals surface area contributed by atoms with Crippen molar-refractivity contribution in [3.05, 3.63) is 76.9 Å². The van der Waals surface area contributed by atoms with E-state index < -0.39 is 26.8 Å². The molecule has 6 nitrogen and oxygen atoms in total. The molecule has 30 heavy (non-hydrogen) atoms. The summed E-state index contributed by atoms with van der Waals surface area (Å²) >= 11 is 0. The largest absolute Gasteiger partial charge is 0.322 e. The number of amides is 1. The maximum atomic E-state index is 14.3. The van der Waals surface area contributed by atoms with Gasteiger partial charge in [-0.05, 0) is 69.7 Å². The van der Waals surface area contributed by atoms with Crippen molar-refractivity contribution in [3.63, 3.8) is 0 Å². The monoisotopic (exact) mass is 429 g/mol. The number of halogens is 1. The lowest BCUT2D eigenvalue weighted by molar-refractivity contribution is 0.102. The van der Waals surface area contributed by atoms with Crippen LogP contribution in [-0.2, 0) is 16.4 Å². The number of nitrogens with zero attached hydrogens (tertiary/aromatic N) is 2. The molecular weight excluding hydrogens is 405 g/mol. The van der Waals surface area contributed by atoms with E-state index in [1.165, 1.54) is 19.9 Å². The Hall–Kier alpha value is -3.00. The third kappa shape index (κ3) is 4.59. The molecule has 0 saturated heterocycles. The molecule has 0 radical (unpaired) electrons. The fraction of sp³-hybridized carbons (Fsp3) is 0.273. The van der Waals surface area contributed by atoms with Gasteiger partial charge in [0.25, 0.3) is 5.91 Å². The van der Waals surface area contributed by atoms with Crippen molar-refractivity contribution in [2.75, 3.05) is 5.32 Å². The van der Waals surface area contributed by atoms with Crippen molar-refractivity contribution < 1.29 is 17.6 Å². The number of carbonyl (C=O) groups is 1. The maximum absolute atomic E-state index is 14.3. The topological polar surface area (TPSA) is 81.1 Å². The Bertz CT molecular complexity index is 1200. The van der Waals surface area contributed by atoms with Crippen LogP contribution in [0.2, 0.25) is 0 Å². The molecule has 1 heterocycles. The van der Waals surface area contributed by atoms with Crippen LogP contribution in [0.25, 0.3) is 0 Å². The number of aromatic nitrogens is 2. The lowest BCUT2D eigenvalue weighted by Crippen LogP contribution is -2.18. The van der Waals surface area contributed by atoms with Gasteiger partial charge in [-0.15, -0.1) is 0 Å². The molecule has 1 N–H and O–H groups in total. The van der Waals surface area contributed by atoms with Crippen LogP contribution in [0.4, 0.5) is 10.1 Å². The SMILES string of the molecule is Cc1cc(C)n(Cc2cccc(NC(=O)c3cc(S(=O)(=O)C(C)C)ccc3F)c2)n1. The first-order chi connectivity index (χ1) is 14.1. The van der Waals surface area contributed by atoms with Crippen molar-refractivity contribution in [3.8, 4) is 0 Å². The number of hydrogen-bond donors (Lipinski definition) is 1. The molecule has 0 fully saturated rings. The molecule has 158 valence electrons.